The molecule has 1 N–H and O–H groups in total. The second-order valence-corrected chi connectivity index (χ2v) is 7.21. The zero-order valence-electron chi connectivity index (χ0n) is 14.5. The maximum atomic E-state index is 12.9. The molecule has 0 unspecified atom stereocenters. The van der Waals surface area contributed by atoms with E-state index in [2.05, 4.69) is 26.2 Å². The fraction of sp³-hybridized carbons (Fsp3) is 0.0952. The molecule has 2 heterocycles. The lowest BCUT2D eigenvalue weighted by Gasteiger charge is -2.10. The fourth-order valence-corrected chi connectivity index (χ4v) is 3.32. The van der Waals surface area contributed by atoms with Gasteiger partial charge in [-0.25, -0.2) is 4.98 Å². The number of nitrogens with one attached hydrogen (secondary N) is 1. The van der Waals surface area contributed by atoms with Crippen LogP contribution in [0.4, 0.5) is 19.0 Å². The minimum atomic E-state index is -4.36. The molecule has 0 atom stereocenters. The SMILES string of the molecule is FC(F)(F)c1ccc(-c2nc3ccc(Br)cn3c2NCc2ccccc2)cc1. The number of halogens is 4. The van der Waals surface area contributed by atoms with Gasteiger partial charge >= 0.3 is 6.18 Å². The maximum absolute atomic E-state index is 12.9. The van der Waals surface area contributed by atoms with Crippen molar-refractivity contribution in [1.82, 2.24) is 9.38 Å². The van der Waals surface area contributed by atoms with Crippen molar-refractivity contribution >= 4 is 27.4 Å². The van der Waals surface area contributed by atoms with Gasteiger partial charge in [-0.3, -0.25) is 4.40 Å². The molecule has 142 valence electrons. The number of aromatic nitrogens is 2. The van der Waals surface area contributed by atoms with Crippen molar-refractivity contribution in [3.8, 4) is 11.3 Å². The summed E-state index contributed by atoms with van der Waals surface area (Å²) in [5.74, 6) is 0.722. The van der Waals surface area contributed by atoms with Crippen molar-refractivity contribution in [1.29, 1.82) is 0 Å². The van der Waals surface area contributed by atoms with Crippen molar-refractivity contribution in [2.75, 3.05) is 5.32 Å². The summed E-state index contributed by atoms with van der Waals surface area (Å²) < 4.78 is 41.4. The smallest absolute Gasteiger partial charge is 0.365 e. The van der Waals surface area contributed by atoms with Crippen LogP contribution in [-0.4, -0.2) is 9.38 Å². The summed E-state index contributed by atoms with van der Waals surface area (Å²) >= 11 is 3.46. The minimum absolute atomic E-state index is 0.564. The third-order valence-electron chi connectivity index (χ3n) is 4.37. The van der Waals surface area contributed by atoms with Crippen molar-refractivity contribution in [3.05, 3.63) is 88.5 Å². The zero-order valence-corrected chi connectivity index (χ0v) is 16.1. The fourth-order valence-electron chi connectivity index (χ4n) is 2.99. The van der Waals surface area contributed by atoms with Gasteiger partial charge < -0.3 is 5.32 Å². The van der Waals surface area contributed by atoms with Crippen molar-refractivity contribution in [2.24, 2.45) is 0 Å². The molecule has 0 bridgehead atoms. The van der Waals surface area contributed by atoms with Crippen LogP contribution in [0.15, 0.2) is 77.4 Å². The summed E-state index contributed by atoms with van der Waals surface area (Å²) in [4.78, 5) is 4.63. The highest BCUT2D eigenvalue weighted by molar-refractivity contribution is 9.10. The molecule has 0 aliphatic heterocycles. The molecule has 0 radical (unpaired) electrons. The molecule has 0 aliphatic rings. The number of benzene rings is 2. The monoisotopic (exact) mass is 445 g/mol. The van der Waals surface area contributed by atoms with Crippen LogP contribution in [0, 0.1) is 0 Å². The van der Waals surface area contributed by atoms with Gasteiger partial charge in [0.15, 0.2) is 0 Å². The Hall–Kier alpha value is -2.80. The van der Waals surface area contributed by atoms with E-state index in [1.807, 2.05) is 53.1 Å². The van der Waals surface area contributed by atoms with Gasteiger partial charge in [-0.1, -0.05) is 42.5 Å². The Balaban J connectivity index is 1.76. The van der Waals surface area contributed by atoms with Crippen molar-refractivity contribution < 1.29 is 13.2 Å². The van der Waals surface area contributed by atoms with E-state index in [1.165, 1.54) is 12.1 Å². The van der Waals surface area contributed by atoms with Crippen molar-refractivity contribution in [2.45, 2.75) is 12.7 Å². The van der Waals surface area contributed by atoms with Gasteiger partial charge in [-0.05, 0) is 45.8 Å². The molecule has 7 heteroatoms. The number of alkyl halides is 3. The van der Waals surface area contributed by atoms with E-state index in [-0.39, 0.29) is 0 Å². The Bertz CT molecular complexity index is 1100. The van der Waals surface area contributed by atoms with E-state index >= 15 is 0 Å². The summed E-state index contributed by atoms with van der Waals surface area (Å²) in [6.45, 7) is 0.564. The number of hydrogen-bond donors (Lipinski definition) is 1. The predicted octanol–water partition coefficient (Wildman–Crippen LogP) is 6.39. The number of anilines is 1. The first kappa shape index (κ1) is 18.6. The van der Waals surface area contributed by atoms with E-state index < -0.39 is 11.7 Å². The Kier molecular flexibility index (Phi) is 4.85. The van der Waals surface area contributed by atoms with Gasteiger partial charge in [-0.15, -0.1) is 0 Å². The van der Waals surface area contributed by atoms with Crippen molar-refractivity contribution in [3.63, 3.8) is 0 Å². The first-order valence-corrected chi connectivity index (χ1v) is 9.34. The molecule has 3 nitrogen and oxygen atoms in total. The third-order valence-corrected chi connectivity index (χ3v) is 4.84. The van der Waals surface area contributed by atoms with E-state index in [0.29, 0.717) is 23.4 Å². The van der Waals surface area contributed by atoms with Gasteiger partial charge in [0, 0.05) is 22.8 Å². The Morgan fingerprint density at radius 1 is 0.929 bits per heavy atom. The number of imidazole rings is 1. The molecular weight excluding hydrogens is 431 g/mol. The quantitative estimate of drug-likeness (QED) is 0.394. The van der Waals surface area contributed by atoms with Crippen LogP contribution in [0.2, 0.25) is 0 Å². The summed E-state index contributed by atoms with van der Waals surface area (Å²) in [7, 11) is 0. The highest BCUT2D eigenvalue weighted by atomic mass is 79.9. The number of rotatable bonds is 4. The summed E-state index contributed by atoms with van der Waals surface area (Å²) in [5.41, 5.74) is 2.33. The number of hydrogen-bond acceptors (Lipinski definition) is 2. The summed E-state index contributed by atoms with van der Waals surface area (Å²) in [6.07, 6.45) is -2.49. The predicted molar refractivity (Wildman–Crippen MR) is 107 cm³/mol. The van der Waals surface area contributed by atoms with E-state index in [4.69, 9.17) is 0 Å². The Labute approximate surface area is 168 Å². The molecule has 0 fully saturated rings. The molecule has 0 amide bonds. The Morgan fingerprint density at radius 2 is 1.64 bits per heavy atom. The van der Waals surface area contributed by atoms with Gasteiger partial charge in [0.05, 0.1) is 5.56 Å². The highest BCUT2D eigenvalue weighted by Crippen LogP contribution is 2.34. The summed E-state index contributed by atoms with van der Waals surface area (Å²) in [5, 5.41) is 3.38. The lowest BCUT2D eigenvalue weighted by atomic mass is 10.1. The van der Waals surface area contributed by atoms with E-state index in [0.717, 1.165) is 28.0 Å². The molecule has 4 aromatic rings. The van der Waals surface area contributed by atoms with Crippen LogP contribution in [0.5, 0.6) is 0 Å². The van der Waals surface area contributed by atoms with E-state index in [1.54, 1.807) is 0 Å². The standard InChI is InChI=1S/C21H15BrF3N3/c22-17-10-11-18-27-19(15-6-8-16(9-7-15)21(23,24)25)20(28(18)13-17)26-12-14-4-2-1-3-5-14/h1-11,13,26H,12H2. The van der Waals surface area contributed by atoms with Crippen LogP contribution in [0.1, 0.15) is 11.1 Å². The lowest BCUT2D eigenvalue weighted by Crippen LogP contribution is -2.05. The topological polar surface area (TPSA) is 29.3 Å². The number of fused-ring (bicyclic) bond motifs is 1. The lowest BCUT2D eigenvalue weighted by molar-refractivity contribution is -0.137. The van der Waals surface area contributed by atoms with Crippen LogP contribution in [0.25, 0.3) is 16.9 Å². The number of nitrogens with zero attached hydrogens (tertiary/aromatic N) is 2. The molecule has 28 heavy (non-hydrogen) atoms. The molecule has 0 aliphatic carbocycles. The molecule has 2 aromatic heterocycles. The first-order valence-electron chi connectivity index (χ1n) is 8.55. The van der Waals surface area contributed by atoms with Crippen LogP contribution >= 0.6 is 15.9 Å². The average molecular weight is 446 g/mol. The van der Waals surface area contributed by atoms with Crippen LogP contribution in [0.3, 0.4) is 0 Å². The molecule has 0 spiro atoms. The molecule has 0 saturated carbocycles. The number of pyridine rings is 1. The van der Waals surface area contributed by atoms with Gasteiger partial charge in [0.1, 0.15) is 17.2 Å². The molecule has 4 rings (SSSR count). The second-order valence-electron chi connectivity index (χ2n) is 6.30. The zero-order chi connectivity index (χ0) is 19.7. The summed E-state index contributed by atoms with van der Waals surface area (Å²) in [6, 6.07) is 18.7. The van der Waals surface area contributed by atoms with Gasteiger partial charge in [0.25, 0.3) is 0 Å². The normalized spacial score (nSPS) is 11.7. The van der Waals surface area contributed by atoms with E-state index in [9.17, 15) is 13.2 Å². The van der Waals surface area contributed by atoms with Gasteiger partial charge in [0.2, 0.25) is 0 Å². The van der Waals surface area contributed by atoms with Gasteiger partial charge in [-0.2, -0.15) is 13.2 Å². The van der Waals surface area contributed by atoms with Crippen LogP contribution < -0.4 is 5.32 Å². The average Bonchev–Trinajstić information content (AvgIpc) is 3.04. The third kappa shape index (κ3) is 3.75. The molecular formula is C21H15BrF3N3. The maximum Gasteiger partial charge on any atom is 0.416 e. The molecule has 2 aromatic carbocycles. The Morgan fingerprint density at radius 3 is 2.32 bits per heavy atom. The largest absolute Gasteiger partial charge is 0.416 e. The first-order chi connectivity index (χ1) is 13.4. The second kappa shape index (κ2) is 7.31. The highest BCUT2D eigenvalue weighted by Gasteiger charge is 2.30. The van der Waals surface area contributed by atoms with Crippen LogP contribution in [-0.2, 0) is 12.7 Å². The molecule has 0 saturated heterocycles. The minimum Gasteiger partial charge on any atom is -0.365 e.